The number of benzene rings is 1. The molecule has 0 saturated carbocycles. The Balaban J connectivity index is 2.11. The van der Waals surface area contributed by atoms with E-state index >= 15 is 0 Å². The normalized spacial score (nSPS) is 26.5. The molecule has 0 aliphatic carbocycles. The summed E-state index contributed by atoms with van der Waals surface area (Å²) in [6.07, 6.45) is -3.26. The average molecular weight is 286 g/mol. The molecule has 5 heteroatoms. The number of piperidine rings is 1. The highest BCUT2D eigenvalue weighted by molar-refractivity contribution is 5.26. The summed E-state index contributed by atoms with van der Waals surface area (Å²) in [6.45, 7) is 5.92. The Kier molecular flexibility index (Phi) is 4.39. The van der Waals surface area contributed by atoms with Crippen LogP contribution < -0.4 is 5.73 Å². The topological polar surface area (TPSA) is 29.3 Å². The van der Waals surface area contributed by atoms with Crippen molar-refractivity contribution >= 4 is 0 Å². The molecule has 2 N–H and O–H groups in total. The van der Waals surface area contributed by atoms with Crippen LogP contribution in [0.2, 0.25) is 0 Å². The highest BCUT2D eigenvalue weighted by atomic mass is 19.4. The zero-order valence-corrected chi connectivity index (χ0v) is 11.8. The van der Waals surface area contributed by atoms with Crippen LogP contribution in [0.25, 0.3) is 0 Å². The van der Waals surface area contributed by atoms with Gasteiger partial charge in [-0.25, -0.2) is 0 Å². The van der Waals surface area contributed by atoms with E-state index in [2.05, 4.69) is 11.8 Å². The molecule has 2 rings (SSSR count). The van der Waals surface area contributed by atoms with E-state index in [0.29, 0.717) is 5.92 Å². The summed E-state index contributed by atoms with van der Waals surface area (Å²) in [5, 5.41) is 0. The molecule has 0 spiro atoms. The lowest BCUT2D eigenvalue weighted by Gasteiger charge is -2.38. The van der Waals surface area contributed by atoms with Gasteiger partial charge in [0.25, 0.3) is 0 Å². The van der Waals surface area contributed by atoms with Gasteiger partial charge in [0, 0.05) is 25.2 Å². The minimum Gasteiger partial charge on any atom is -0.327 e. The third-order valence-corrected chi connectivity index (χ3v) is 3.99. The highest BCUT2D eigenvalue weighted by Crippen LogP contribution is 2.31. The number of alkyl halides is 3. The number of hydrogen-bond donors (Lipinski definition) is 1. The van der Waals surface area contributed by atoms with Gasteiger partial charge in [-0.3, -0.25) is 4.90 Å². The molecule has 0 aromatic heterocycles. The van der Waals surface area contributed by atoms with Gasteiger partial charge in [0.1, 0.15) is 0 Å². The van der Waals surface area contributed by atoms with Crippen molar-refractivity contribution in [3.63, 3.8) is 0 Å². The summed E-state index contributed by atoms with van der Waals surface area (Å²) in [5.74, 6) is 0.524. The fraction of sp³-hybridized carbons (Fsp3) is 0.600. The molecule has 20 heavy (non-hydrogen) atoms. The maximum absolute atomic E-state index is 12.6. The van der Waals surface area contributed by atoms with Crippen molar-refractivity contribution in [3.05, 3.63) is 35.4 Å². The van der Waals surface area contributed by atoms with Crippen LogP contribution in [-0.2, 0) is 6.18 Å². The van der Waals surface area contributed by atoms with E-state index in [1.807, 2.05) is 6.92 Å². The molecule has 3 unspecified atom stereocenters. The maximum atomic E-state index is 12.6. The first kappa shape index (κ1) is 15.3. The van der Waals surface area contributed by atoms with Crippen molar-refractivity contribution in [2.24, 2.45) is 11.7 Å². The number of nitrogens with two attached hydrogens (primary N) is 1. The van der Waals surface area contributed by atoms with Gasteiger partial charge in [-0.1, -0.05) is 19.1 Å². The van der Waals surface area contributed by atoms with Crippen molar-refractivity contribution in [3.8, 4) is 0 Å². The average Bonchev–Trinajstić information content (AvgIpc) is 2.36. The number of likely N-dealkylation sites (tertiary alicyclic amines) is 1. The van der Waals surface area contributed by atoms with Crippen LogP contribution in [0.3, 0.4) is 0 Å². The Morgan fingerprint density at radius 1 is 1.20 bits per heavy atom. The minimum atomic E-state index is -4.27. The molecule has 0 amide bonds. The van der Waals surface area contributed by atoms with Gasteiger partial charge in [0.05, 0.1) is 5.56 Å². The molecule has 112 valence electrons. The largest absolute Gasteiger partial charge is 0.416 e. The number of nitrogens with zero attached hydrogens (tertiary/aromatic N) is 1. The molecule has 1 fully saturated rings. The summed E-state index contributed by atoms with van der Waals surface area (Å²) in [7, 11) is 0. The van der Waals surface area contributed by atoms with Gasteiger partial charge in [-0.15, -0.1) is 0 Å². The van der Waals surface area contributed by atoms with Crippen LogP contribution in [0, 0.1) is 5.92 Å². The molecular weight excluding hydrogens is 265 g/mol. The van der Waals surface area contributed by atoms with Gasteiger partial charge >= 0.3 is 6.18 Å². The lowest BCUT2D eigenvalue weighted by molar-refractivity contribution is -0.137. The molecular formula is C15H21F3N2. The first-order valence-electron chi connectivity index (χ1n) is 6.94. The van der Waals surface area contributed by atoms with Crippen molar-refractivity contribution in [1.82, 2.24) is 4.90 Å². The Morgan fingerprint density at radius 2 is 1.80 bits per heavy atom. The second-order valence-electron chi connectivity index (χ2n) is 5.85. The minimum absolute atomic E-state index is 0.0890. The summed E-state index contributed by atoms with van der Waals surface area (Å²) >= 11 is 0. The molecule has 2 nitrogen and oxygen atoms in total. The molecule has 3 atom stereocenters. The van der Waals surface area contributed by atoms with E-state index < -0.39 is 11.7 Å². The lowest BCUT2D eigenvalue weighted by Crippen LogP contribution is -2.47. The van der Waals surface area contributed by atoms with Crippen molar-refractivity contribution in [2.75, 3.05) is 13.1 Å². The van der Waals surface area contributed by atoms with E-state index in [9.17, 15) is 13.2 Å². The third kappa shape index (κ3) is 3.52. The van der Waals surface area contributed by atoms with E-state index in [1.165, 1.54) is 0 Å². The standard InChI is InChI=1S/C15H21F3N2/c1-10-7-14(19)9-20(8-10)11(2)12-3-5-13(6-4-12)15(16,17)18/h3-6,10-11,14H,7-9,19H2,1-2H3. The van der Waals surface area contributed by atoms with E-state index in [0.717, 1.165) is 37.2 Å². The van der Waals surface area contributed by atoms with Gasteiger partial charge in [0.2, 0.25) is 0 Å². The first-order chi connectivity index (χ1) is 9.27. The van der Waals surface area contributed by atoms with Crippen LogP contribution in [0.5, 0.6) is 0 Å². The smallest absolute Gasteiger partial charge is 0.327 e. The van der Waals surface area contributed by atoms with Gasteiger partial charge in [0.15, 0.2) is 0 Å². The quantitative estimate of drug-likeness (QED) is 0.902. The Labute approximate surface area is 117 Å². The predicted molar refractivity (Wildman–Crippen MR) is 73.2 cm³/mol. The van der Waals surface area contributed by atoms with E-state index in [-0.39, 0.29) is 12.1 Å². The second kappa shape index (κ2) is 5.74. The van der Waals surface area contributed by atoms with E-state index in [4.69, 9.17) is 5.73 Å². The zero-order chi connectivity index (χ0) is 14.9. The molecule has 0 bridgehead atoms. The Hall–Kier alpha value is -1.07. The van der Waals surface area contributed by atoms with Crippen molar-refractivity contribution < 1.29 is 13.2 Å². The number of rotatable bonds is 2. The fourth-order valence-corrected chi connectivity index (χ4v) is 2.92. The van der Waals surface area contributed by atoms with Crippen LogP contribution in [-0.4, -0.2) is 24.0 Å². The molecule has 1 heterocycles. The summed E-state index contributed by atoms with van der Waals surface area (Å²) in [6, 6.07) is 5.68. The van der Waals surface area contributed by atoms with Crippen LogP contribution >= 0.6 is 0 Å². The summed E-state index contributed by atoms with van der Waals surface area (Å²) < 4.78 is 37.7. The highest BCUT2D eigenvalue weighted by Gasteiger charge is 2.31. The SMILES string of the molecule is CC1CC(N)CN(C(C)c2ccc(C(F)(F)F)cc2)C1. The summed E-state index contributed by atoms with van der Waals surface area (Å²) in [5.41, 5.74) is 6.32. The molecule has 1 aliphatic rings. The summed E-state index contributed by atoms with van der Waals surface area (Å²) in [4.78, 5) is 2.25. The monoisotopic (exact) mass is 286 g/mol. The molecule has 1 saturated heterocycles. The molecule has 1 aromatic carbocycles. The van der Waals surface area contributed by atoms with Crippen LogP contribution in [0.1, 0.15) is 37.4 Å². The second-order valence-corrected chi connectivity index (χ2v) is 5.85. The van der Waals surface area contributed by atoms with Gasteiger partial charge < -0.3 is 5.73 Å². The van der Waals surface area contributed by atoms with Gasteiger partial charge in [-0.2, -0.15) is 13.2 Å². The van der Waals surface area contributed by atoms with Gasteiger partial charge in [-0.05, 0) is 37.0 Å². The predicted octanol–water partition coefficient (Wildman–Crippen LogP) is 3.44. The third-order valence-electron chi connectivity index (χ3n) is 3.99. The first-order valence-corrected chi connectivity index (χ1v) is 6.94. The van der Waals surface area contributed by atoms with Crippen LogP contribution in [0.4, 0.5) is 13.2 Å². The number of halogens is 3. The molecule has 0 radical (unpaired) electrons. The van der Waals surface area contributed by atoms with Crippen molar-refractivity contribution in [1.29, 1.82) is 0 Å². The Morgan fingerprint density at radius 3 is 2.30 bits per heavy atom. The van der Waals surface area contributed by atoms with E-state index in [1.54, 1.807) is 12.1 Å². The Bertz CT molecular complexity index is 431. The number of hydrogen-bond acceptors (Lipinski definition) is 2. The zero-order valence-electron chi connectivity index (χ0n) is 11.8. The van der Waals surface area contributed by atoms with Crippen LogP contribution in [0.15, 0.2) is 24.3 Å². The molecule has 1 aromatic rings. The maximum Gasteiger partial charge on any atom is 0.416 e. The fourth-order valence-electron chi connectivity index (χ4n) is 2.92. The molecule has 1 aliphatic heterocycles. The van der Waals surface area contributed by atoms with Crippen molar-refractivity contribution in [2.45, 2.75) is 38.5 Å². The lowest BCUT2D eigenvalue weighted by atomic mass is 9.94.